The van der Waals surface area contributed by atoms with Gasteiger partial charge in [0, 0.05) is 24.7 Å². The van der Waals surface area contributed by atoms with Crippen molar-refractivity contribution < 1.29 is 5.11 Å². The number of hydrogen-bond acceptors (Lipinski definition) is 4. The molecule has 2 aromatic rings. The molecule has 1 fully saturated rings. The van der Waals surface area contributed by atoms with E-state index >= 15 is 0 Å². The van der Waals surface area contributed by atoms with Crippen LogP contribution in [0.4, 0.5) is 5.82 Å². The highest BCUT2D eigenvalue weighted by molar-refractivity contribution is 5.87. The first kappa shape index (κ1) is 12.4. The summed E-state index contributed by atoms with van der Waals surface area (Å²) < 4.78 is 0. The lowest BCUT2D eigenvalue weighted by Gasteiger charge is -2.22. The zero-order chi connectivity index (χ0) is 13.6. The number of aliphatic hydroxyl groups excluding tert-OH is 1. The molecule has 5 nitrogen and oxygen atoms in total. The van der Waals surface area contributed by atoms with Gasteiger partial charge in [-0.1, -0.05) is 20.8 Å². The van der Waals surface area contributed by atoms with Crippen molar-refractivity contribution in [2.45, 2.75) is 38.7 Å². The smallest absolute Gasteiger partial charge is 0.143 e. The highest BCUT2D eigenvalue weighted by atomic mass is 16.3. The van der Waals surface area contributed by atoms with Crippen molar-refractivity contribution in [2.24, 2.45) is 0 Å². The molecular weight excluding hydrogens is 240 g/mol. The highest BCUT2D eigenvalue weighted by Crippen LogP contribution is 2.29. The molecule has 3 heterocycles. The van der Waals surface area contributed by atoms with Crippen molar-refractivity contribution >= 4 is 16.9 Å². The van der Waals surface area contributed by atoms with E-state index in [-0.39, 0.29) is 11.5 Å². The van der Waals surface area contributed by atoms with Gasteiger partial charge in [-0.15, -0.1) is 0 Å². The molecule has 2 aromatic heterocycles. The molecular formula is C14H20N4O. The number of H-pyrrole nitrogens is 1. The van der Waals surface area contributed by atoms with E-state index < -0.39 is 0 Å². The summed E-state index contributed by atoms with van der Waals surface area (Å²) in [6, 6.07) is 2.00. The van der Waals surface area contributed by atoms with Crippen LogP contribution >= 0.6 is 0 Å². The van der Waals surface area contributed by atoms with Crippen LogP contribution in [0.5, 0.6) is 0 Å². The van der Waals surface area contributed by atoms with Crippen LogP contribution in [0.2, 0.25) is 0 Å². The predicted octanol–water partition coefficient (Wildman–Crippen LogP) is 1.83. The second kappa shape index (κ2) is 4.20. The quantitative estimate of drug-likeness (QED) is 0.821. The number of hydrogen-bond donors (Lipinski definition) is 2. The Morgan fingerprint density at radius 3 is 2.79 bits per heavy atom. The fourth-order valence-electron chi connectivity index (χ4n) is 2.44. The SMILES string of the molecule is CC(C)(C)c1nc(N2CCC(O)C2)c2cc[nH]c2n1. The molecule has 19 heavy (non-hydrogen) atoms. The number of anilines is 1. The van der Waals surface area contributed by atoms with Gasteiger partial charge >= 0.3 is 0 Å². The van der Waals surface area contributed by atoms with Crippen molar-refractivity contribution in [1.29, 1.82) is 0 Å². The molecule has 0 spiro atoms. The van der Waals surface area contributed by atoms with Crippen LogP contribution in [0, 0.1) is 0 Å². The monoisotopic (exact) mass is 260 g/mol. The Morgan fingerprint density at radius 1 is 1.37 bits per heavy atom. The van der Waals surface area contributed by atoms with Crippen molar-refractivity contribution in [3.8, 4) is 0 Å². The molecule has 2 N–H and O–H groups in total. The lowest BCUT2D eigenvalue weighted by atomic mass is 9.95. The van der Waals surface area contributed by atoms with Gasteiger partial charge in [0.2, 0.25) is 0 Å². The zero-order valence-corrected chi connectivity index (χ0v) is 11.6. The number of nitrogens with zero attached hydrogens (tertiary/aromatic N) is 3. The molecule has 3 rings (SSSR count). The molecule has 1 aliphatic heterocycles. The summed E-state index contributed by atoms with van der Waals surface area (Å²) in [5.41, 5.74) is 0.781. The van der Waals surface area contributed by atoms with Gasteiger partial charge in [-0.05, 0) is 12.5 Å². The number of rotatable bonds is 1. The maximum absolute atomic E-state index is 9.72. The molecule has 0 bridgehead atoms. The Labute approximate surface area is 112 Å². The van der Waals surface area contributed by atoms with E-state index in [9.17, 15) is 5.11 Å². The first-order valence-electron chi connectivity index (χ1n) is 6.74. The molecule has 0 aliphatic carbocycles. The third kappa shape index (κ3) is 2.18. The third-order valence-electron chi connectivity index (χ3n) is 3.53. The number of aliphatic hydroxyl groups is 1. The van der Waals surface area contributed by atoms with Crippen molar-refractivity contribution in [3.05, 3.63) is 18.1 Å². The molecule has 0 amide bonds. The summed E-state index contributed by atoms with van der Waals surface area (Å²) in [6.45, 7) is 7.84. The number of nitrogens with one attached hydrogen (secondary N) is 1. The van der Waals surface area contributed by atoms with Crippen LogP contribution in [-0.2, 0) is 5.41 Å². The minimum atomic E-state index is -0.248. The molecule has 0 aromatic carbocycles. The molecule has 5 heteroatoms. The topological polar surface area (TPSA) is 65.0 Å². The summed E-state index contributed by atoms with van der Waals surface area (Å²) in [4.78, 5) is 14.7. The summed E-state index contributed by atoms with van der Waals surface area (Å²) >= 11 is 0. The summed E-state index contributed by atoms with van der Waals surface area (Å²) in [5.74, 6) is 1.77. The number of fused-ring (bicyclic) bond motifs is 1. The Balaban J connectivity index is 2.13. The summed E-state index contributed by atoms with van der Waals surface area (Å²) in [5, 5.41) is 10.7. The second-order valence-corrected chi connectivity index (χ2v) is 6.25. The molecule has 1 unspecified atom stereocenters. The molecule has 0 saturated carbocycles. The number of β-amino-alcohol motifs (C(OH)–C–C–N with tert-alkyl or cyclic N) is 1. The van der Waals surface area contributed by atoms with Gasteiger partial charge in [0.15, 0.2) is 0 Å². The van der Waals surface area contributed by atoms with Crippen molar-refractivity contribution in [2.75, 3.05) is 18.0 Å². The summed E-state index contributed by atoms with van der Waals surface area (Å²) in [6.07, 6.45) is 2.45. The Bertz CT molecular complexity index is 599. The van der Waals surface area contributed by atoms with Gasteiger partial charge < -0.3 is 15.0 Å². The third-order valence-corrected chi connectivity index (χ3v) is 3.53. The van der Waals surface area contributed by atoms with Gasteiger partial charge in [-0.3, -0.25) is 0 Å². The molecule has 0 radical (unpaired) electrons. The molecule has 1 saturated heterocycles. The molecule has 1 atom stereocenters. The zero-order valence-electron chi connectivity index (χ0n) is 11.6. The van der Waals surface area contributed by atoms with Gasteiger partial charge in [0.25, 0.3) is 0 Å². The Morgan fingerprint density at radius 2 is 2.16 bits per heavy atom. The van der Waals surface area contributed by atoms with E-state index in [1.807, 2.05) is 12.3 Å². The minimum absolute atomic E-state index is 0.0909. The normalized spacial score (nSPS) is 20.4. The molecule has 1 aliphatic rings. The van der Waals surface area contributed by atoms with E-state index in [0.717, 1.165) is 35.6 Å². The van der Waals surface area contributed by atoms with E-state index in [4.69, 9.17) is 4.98 Å². The van der Waals surface area contributed by atoms with Crippen LogP contribution in [-0.4, -0.2) is 39.3 Å². The van der Waals surface area contributed by atoms with E-state index in [0.29, 0.717) is 6.54 Å². The summed E-state index contributed by atoms with van der Waals surface area (Å²) in [7, 11) is 0. The van der Waals surface area contributed by atoms with Crippen molar-refractivity contribution in [3.63, 3.8) is 0 Å². The van der Waals surface area contributed by atoms with E-state index in [1.54, 1.807) is 0 Å². The Kier molecular flexibility index (Phi) is 2.74. The standard InChI is InChI=1S/C14H20N4O/c1-14(2,3)13-16-11-10(4-6-15-11)12(17-13)18-7-5-9(19)8-18/h4,6,9,19H,5,7-8H2,1-3H3,(H,15,16,17). The second-order valence-electron chi connectivity index (χ2n) is 6.25. The van der Waals surface area contributed by atoms with Gasteiger partial charge in [-0.2, -0.15) is 0 Å². The minimum Gasteiger partial charge on any atom is -0.391 e. The van der Waals surface area contributed by atoms with Crippen LogP contribution in [0.15, 0.2) is 12.3 Å². The fourth-order valence-corrected chi connectivity index (χ4v) is 2.44. The van der Waals surface area contributed by atoms with Crippen LogP contribution in [0.25, 0.3) is 11.0 Å². The lowest BCUT2D eigenvalue weighted by Crippen LogP contribution is -2.25. The van der Waals surface area contributed by atoms with Gasteiger partial charge in [-0.25, -0.2) is 9.97 Å². The van der Waals surface area contributed by atoms with E-state index in [1.165, 1.54) is 0 Å². The first-order chi connectivity index (χ1) is 8.95. The van der Waals surface area contributed by atoms with Gasteiger partial charge in [0.1, 0.15) is 17.3 Å². The molecule has 102 valence electrons. The van der Waals surface area contributed by atoms with Crippen LogP contribution in [0.1, 0.15) is 33.0 Å². The number of aromatic nitrogens is 3. The van der Waals surface area contributed by atoms with Crippen LogP contribution < -0.4 is 4.90 Å². The largest absolute Gasteiger partial charge is 0.391 e. The average molecular weight is 260 g/mol. The van der Waals surface area contributed by atoms with Crippen LogP contribution in [0.3, 0.4) is 0 Å². The van der Waals surface area contributed by atoms with Gasteiger partial charge in [0.05, 0.1) is 11.5 Å². The lowest BCUT2D eigenvalue weighted by molar-refractivity contribution is 0.198. The van der Waals surface area contributed by atoms with E-state index in [2.05, 4.69) is 35.6 Å². The number of aromatic amines is 1. The first-order valence-corrected chi connectivity index (χ1v) is 6.74. The highest BCUT2D eigenvalue weighted by Gasteiger charge is 2.26. The fraction of sp³-hybridized carbons (Fsp3) is 0.571. The maximum atomic E-state index is 9.72. The average Bonchev–Trinajstić information content (AvgIpc) is 2.94. The maximum Gasteiger partial charge on any atom is 0.143 e. The Hall–Kier alpha value is -1.62. The predicted molar refractivity (Wildman–Crippen MR) is 75.4 cm³/mol. The van der Waals surface area contributed by atoms with Crippen molar-refractivity contribution in [1.82, 2.24) is 15.0 Å².